The molecule has 0 aliphatic heterocycles. The summed E-state index contributed by atoms with van der Waals surface area (Å²) in [5, 5.41) is 20.4. The molecule has 0 heterocycles. The summed E-state index contributed by atoms with van der Waals surface area (Å²) in [6.45, 7) is 2.12. The standard InChI is InChI=1S/C14H16N2O2/c1-11(17)7-8-16-14(18)6-5-12-3-2-4-13(9-12)10-15/h2-6,9,11,17H,7-8H2,1H3,(H,16,18). The van der Waals surface area contributed by atoms with Crippen LogP contribution in [0.3, 0.4) is 0 Å². The summed E-state index contributed by atoms with van der Waals surface area (Å²) in [4.78, 5) is 11.4. The average Bonchev–Trinajstić information content (AvgIpc) is 2.36. The molecular formula is C14H16N2O2. The van der Waals surface area contributed by atoms with E-state index in [2.05, 4.69) is 5.32 Å². The highest BCUT2D eigenvalue weighted by Crippen LogP contribution is 2.05. The smallest absolute Gasteiger partial charge is 0.244 e. The molecule has 0 fully saturated rings. The second-order valence-corrected chi connectivity index (χ2v) is 4.00. The molecule has 1 rings (SSSR count). The summed E-state index contributed by atoms with van der Waals surface area (Å²) in [6.07, 6.45) is 3.18. The SMILES string of the molecule is CC(O)CCNC(=O)C=Cc1cccc(C#N)c1. The summed E-state index contributed by atoms with van der Waals surface area (Å²) in [6, 6.07) is 9.04. The van der Waals surface area contributed by atoms with Gasteiger partial charge in [-0.05, 0) is 37.1 Å². The molecule has 1 aromatic rings. The van der Waals surface area contributed by atoms with Crippen molar-refractivity contribution in [3.8, 4) is 6.07 Å². The molecule has 0 bridgehead atoms. The van der Waals surface area contributed by atoms with Crippen molar-refractivity contribution in [3.05, 3.63) is 41.5 Å². The molecule has 1 amide bonds. The highest BCUT2D eigenvalue weighted by atomic mass is 16.3. The fourth-order valence-corrected chi connectivity index (χ4v) is 1.35. The molecule has 1 aromatic carbocycles. The summed E-state index contributed by atoms with van der Waals surface area (Å²) in [7, 11) is 0. The lowest BCUT2D eigenvalue weighted by atomic mass is 10.1. The average molecular weight is 244 g/mol. The molecule has 4 nitrogen and oxygen atoms in total. The third-order valence-corrected chi connectivity index (χ3v) is 2.30. The Morgan fingerprint density at radius 3 is 3.06 bits per heavy atom. The number of nitrogens with one attached hydrogen (secondary N) is 1. The number of carbonyl (C=O) groups is 1. The van der Waals surface area contributed by atoms with Gasteiger partial charge in [-0.25, -0.2) is 0 Å². The van der Waals surface area contributed by atoms with Gasteiger partial charge >= 0.3 is 0 Å². The van der Waals surface area contributed by atoms with E-state index in [1.807, 2.05) is 12.1 Å². The van der Waals surface area contributed by atoms with Gasteiger partial charge in [-0.2, -0.15) is 5.26 Å². The van der Waals surface area contributed by atoms with Crippen molar-refractivity contribution in [2.75, 3.05) is 6.54 Å². The van der Waals surface area contributed by atoms with Crippen LogP contribution in [0.5, 0.6) is 0 Å². The van der Waals surface area contributed by atoms with Crippen molar-refractivity contribution >= 4 is 12.0 Å². The van der Waals surface area contributed by atoms with Crippen LogP contribution in [0.1, 0.15) is 24.5 Å². The number of hydrogen-bond donors (Lipinski definition) is 2. The minimum absolute atomic E-state index is 0.210. The van der Waals surface area contributed by atoms with Crippen LogP contribution in [-0.2, 0) is 4.79 Å². The van der Waals surface area contributed by atoms with Crippen molar-refractivity contribution in [1.29, 1.82) is 5.26 Å². The molecule has 0 aromatic heterocycles. The van der Waals surface area contributed by atoms with E-state index in [0.29, 0.717) is 18.5 Å². The Morgan fingerprint density at radius 2 is 2.39 bits per heavy atom. The van der Waals surface area contributed by atoms with Crippen LogP contribution < -0.4 is 5.32 Å². The van der Waals surface area contributed by atoms with Crippen LogP contribution in [0.25, 0.3) is 6.08 Å². The second-order valence-electron chi connectivity index (χ2n) is 4.00. The highest BCUT2D eigenvalue weighted by molar-refractivity contribution is 5.91. The van der Waals surface area contributed by atoms with Gasteiger partial charge in [0.1, 0.15) is 0 Å². The van der Waals surface area contributed by atoms with E-state index >= 15 is 0 Å². The Morgan fingerprint density at radius 1 is 1.61 bits per heavy atom. The van der Waals surface area contributed by atoms with Crippen molar-refractivity contribution in [3.63, 3.8) is 0 Å². The minimum Gasteiger partial charge on any atom is -0.393 e. The highest BCUT2D eigenvalue weighted by Gasteiger charge is 1.98. The van der Waals surface area contributed by atoms with Gasteiger partial charge in [0.2, 0.25) is 5.91 Å². The number of nitriles is 1. The Balaban J connectivity index is 2.48. The number of benzene rings is 1. The topological polar surface area (TPSA) is 73.1 Å². The maximum absolute atomic E-state index is 11.4. The van der Waals surface area contributed by atoms with Crippen LogP contribution in [0.4, 0.5) is 0 Å². The largest absolute Gasteiger partial charge is 0.393 e. The van der Waals surface area contributed by atoms with Crippen LogP contribution in [0, 0.1) is 11.3 Å². The van der Waals surface area contributed by atoms with Gasteiger partial charge in [-0.15, -0.1) is 0 Å². The summed E-state index contributed by atoms with van der Waals surface area (Å²) >= 11 is 0. The molecule has 0 aliphatic rings. The van der Waals surface area contributed by atoms with Crippen molar-refractivity contribution < 1.29 is 9.90 Å². The van der Waals surface area contributed by atoms with E-state index in [4.69, 9.17) is 10.4 Å². The number of rotatable bonds is 5. The number of hydrogen-bond acceptors (Lipinski definition) is 3. The van der Waals surface area contributed by atoms with Gasteiger partial charge in [-0.3, -0.25) is 4.79 Å². The Hall–Kier alpha value is -2.12. The lowest BCUT2D eigenvalue weighted by Gasteiger charge is -2.03. The molecule has 94 valence electrons. The number of nitrogens with zero attached hydrogens (tertiary/aromatic N) is 1. The second kappa shape index (κ2) is 7.25. The fourth-order valence-electron chi connectivity index (χ4n) is 1.35. The monoisotopic (exact) mass is 244 g/mol. The molecule has 4 heteroatoms. The van der Waals surface area contributed by atoms with Crippen LogP contribution >= 0.6 is 0 Å². The molecule has 1 unspecified atom stereocenters. The molecule has 0 spiro atoms. The van der Waals surface area contributed by atoms with Crippen molar-refractivity contribution in [2.24, 2.45) is 0 Å². The first-order valence-corrected chi connectivity index (χ1v) is 5.76. The Kier molecular flexibility index (Phi) is 5.62. The van der Waals surface area contributed by atoms with Gasteiger partial charge in [0.25, 0.3) is 0 Å². The van der Waals surface area contributed by atoms with E-state index in [9.17, 15) is 4.79 Å². The molecular weight excluding hydrogens is 228 g/mol. The minimum atomic E-state index is -0.415. The summed E-state index contributed by atoms with van der Waals surface area (Å²) in [5.41, 5.74) is 1.37. The first-order valence-electron chi connectivity index (χ1n) is 5.76. The van der Waals surface area contributed by atoms with Crippen LogP contribution in [0.15, 0.2) is 30.3 Å². The molecule has 18 heavy (non-hydrogen) atoms. The fraction of sp³-hybridized carbons (Fsp3) is 0.286. The predicted octanol–water partition coefficient (Wildman–Crippen LogP) is 1.46. The van der Waals surface area contributed by atoms with Gasteiger partial charge in [0.05, 0.1) is 17.7 Å². The zero-order valence-corrected chi connectivity index (χ0v) is 10.3. The van der Waals surface area contributed by atoms with Crippen molar-refractivity contribution in [1.82, 2.24) is 5.32 Å². The van der Waals surface area contributed by atoms with Crippen molar-refractivity contribution in [2.45, 2.75) is 19.4 Å². The molecule has 0 radical (unpaired) electrons. The zero-order chi connectivity index (χ0) is 13.4. The number of carbonyl (C=O) groups excluding carboxylic acids is 1. The Bertz CT molecular complexity index is 473. The lowest BCUT2D eigenvalue weighted by molar-refractivity contribution is -0.116. The van der Waals surface area contributed by atoms with Crippen LogP contribution in [-0.4, -0.2) is 23.7 Å². The van der Waals surface area contributed by atoms with Crippen LogP contribution in [0.2, 0.25) is 0 Å². The number of amides is 1. The Labute approximate surface area is 107 Å². The van der Waals surface area contributed by atoms with Gasteiger partial charge in [-0.1, -0.05) is 12.1 Å². The van der Waals surface area contributed by atoms with Gasteiger partial charge in [0.15, 0.2) is 0 Å². The predicted molar refractivity (Wildman–Crippen MR) is 69.5 cm³/mol. The van der Waals surface area contributed by atoms with E-state index < -0.39 is 6.10 Å². The normalized spacial score (nSPS) is 12.1. The van der Waals surface area contributed by atoms with E-state index in [0.717, 1.165) is 5.56 Å². The lowest BCUT2D eigenvalue weighted by Crippen LogP contribution is -2.24. The van der Waals surface area contributed by atoms with Gasteiger partial charge in [0, 0.05) is 12.6 Å². The number of aliphatic hydroxyl groups excluding tert-OH is 1. The van der Waals surface area contributed by atoms with E-state index in [-0.39, 0.29) is 5.91 Å². The maximum Gasteiger partial charge on any atom is 0.244 e. The summed E-state index contributed by atoms with van der Waals surface area (Å²) in [5.74, 6) is -0.210. The molecule has 0 saturated carbocycles. The first kappa shape index (κ1) is 13.9. The maximum atomic E-state index is 11.4. The summed E-state index contributed by atoms with van der Waals surface area (Å²) < 4.78 is 0. The third-order valence-electron chi connectivity index (χ3n) is 2.30. The first-order chi connectivity index (χ1) is 8.61. The van der Waals surface area contributed by atoms with Gasteiger partial charge < -0.3 is 10.4 Å². The molecule has 1 atom stereocenters. The van der Waals surface area contributed by atoms with E-state index in [1.54, 1.807) is 31.2 Å². The molecule has 0 aliphatic carbocycles. The zero-order valence-electron chi connectivity index (χ0n) is 10.3. The van der Waals surface area contributed by atoms with E-state index in [1.165, 1.54) is 6.08 Å². The quantitative estimate of drug-likeness (QED) is 0.770. The number of aliphatic hydroxyl groups is 1. The molecule has 2 N–H and O–H groups in total. The third kappa shape index (κ3) is 5.28. The molecule has 0 saturated heterocycles.